The molecule has 67 heavy (non-hydrogen) atoms. The lowest BCUT2D eigenvalue weighted by Gasteiger charge is -2.32. The van der Waals surface area contributed by atoms with E-state index < -0.39 is 5.41 Å². The van der Waals surface area contributed by atoms with Crippen LogP contribution in [0.3, 0.4) is 0 Å². The number of benzene rings is 11. The second-order valence-electron chi connectivity index (χ2n) is 18.0. The van der Waals surface area contributed by atoms with Gasteiger partial charge in [0, 0.05) is 33.5 Å². The van der Waals surface area contributed by atoms with E-state index in [2.05, 4.69) is 264 Å². The molecule has 0 fully saturated rings. The monoisotopic (exact) mass is 850 g/mol. The van der Waals surface area contributed by atoms with Gasteiger partial charge in [-0.25, -0.2) is 0 Å². The average molecular weight is 851 g/mol. The zero-order valence-corrected chi connectivity index (χ0v) is 36.6. The molecule has 0 saturated carbocycles. The van der Waals surface area contributed by atoms with Crippen LogP contribution in [0.4, 0.5) is 17.1 Å². The van der Waals surface area contributed by atoms with Crippen LogP contribution in [0.5, 0.6) is 0 Å². The molecular formula is C65H42N2. The summed E-state index contributed by atoms with van der Waals surface area (Å²) in [5, 5.41) is 5.04. The van der Waals surface area contributed by atoms with Gasteiger partial charge in [0.2, 0.25) is 0 Å². The molecule has 2 aliphatic carbocycles. The van der Waals surface area contributed by atoms with Crippen molar-refractivity contribution < 1.29 is 0 Å². The van der Waals surface area contributed by atoms with Crippen LogP contribution in [0.25, 0.3) is 82.8 Å². The number of anilines is 3. The van der Waals surface area contributed by atoms with Crippen molar-refractivity contribution >= 4 is 49.6 Å². The van der Waals surface area contributed by atoms with Crippen molar-refractivity contribution in [2.75, 3.05) is 4.90 Å². The molecule has 1 aromatic heterocycles. The third-order valence-corrected chi connectivity index (χ3v) is 14.6. The highest BCUT2D eigenvalue weighted by Crippen LogP contribution is 2.63. The SMILES string of the molecule is c1ccc(-c2ccc(N(c3ccc(-c4ccc(-n5c6ccccc6c6cc7ccccc7cc65)cc4)cc3)c3ccc4c(c3)C3(c5ccccc5-c5ccccc53)c3ccccc3-4)cc2)cc1. The Hall–Kier alpha value is -8.72. The van der Waals surface area contributed by atoms with Crippen molar-refractivity contribution in [3.63, 3.8) is 0 Å². The van der Waals surface area contributed by atoms with Crippen LogP contribution in [0.2, 0.25) is 0 Å². The second-order valence-corrected chi connectivity index (χ2v) is 18.0. The first kappa shape index (κ1) is 37.6. The molecule has 0 saturated heterocycles. The number of para-hydroxylation sites is 1. The largest absolute Gasteiger partial charge is 0.310 e. The molecule has 2 nitrogen and oxygen atoms in total. The fourth-order valence-corrected chi connectivity index (χ4v) is 11.6. The first-order valence-corrected chi connectivity index (χ1v) is 23.2. The highest BCUT2D eigenvalue weighted by atomic mass is 15.1. The summed E-state index contributed by atoms with van der Waals surface area (Å²) in [5.41, 5.74) is 21.8. The zero-order valence-electron chi connectivity index (χ0n) is 36.6. The van der Waals surface area contributed by atoms with Gasteiger partial charge in [0.05, 0.1) is 16.4 Å². The molecule has 0 aliphatic heterocycles. The average Bonchev–Trinajstić information content (AvgIpc) is 4.00. The molecule has 0 unspecified atom stereocenters. The predicted molar refractivity (Wildman–Crippen MR) is 280 cm³/mol. The molecule has 0 atom stereocenters. The lowest BCUT2D eigenvalue weighted by molar-refractivity contribution is 0.793. The van der Waals surface area contributed by atoms with Gasteiger partial charge in [-0.05, 0) is 144 Å². The third-order valence-electron chi connectivity index (χ3n) is 14.6. The van der Waals surface area contributed by atoms with Crippen molar-refractivity contribution in [1.82, 2.24) is 4.57 Å². The Kier molecular flexibility index (Phi) is 8.23. The quantitative estimate of drug-likeness (QED) is 0.162. The van der Waals surface area contributed by atoms with E-state index in [1.165, 1.54) is 99.3 Å². The van der Waals surface area contributed by atoms with Crippen LogP contribution >= 0.6 is 0 Å². The topological polar surface area (TPSA) is 8.17 Å². The number of rotatable bonds is 6. The smallest absolute Gasteiger partial charge is 0.0726 e. The van der Waals surface area contributed by atoms with Crippen LogP contribution in [0, 0.1) is 0 Å². The van der Waals surface area contributed by atoms with Gasteiger partial charge in [-0.1, -0.05) is 188 Å². The first-order valence-electron chi connectivity index (χ1n) is 23.2. The molecule has 1 heterocycles. The molecule has 11 aromatic carbocycles. The molecule has 0 N–H and O–H groups in total. The van der Waals surface area contributed by atoms with Gasteiger partial charge in [0.25, 0.3) is 0 Å². The summed E-state index contributed by atoms with van der Waals surface area (Å²) in [6, 6.07) is 94.2. The molecular weight excluding hydrogens is 809 g/mol. The number of fused-ring (bicyclic) bond motifs is 14. The Balaban J connectivity index is 0.886. The van der Waals surface area contributed by atoms with Crippen LogP contribution in [0.15, 0.2) is 255 Å². The summed E-state index contributed by atoms with van der Waals surface area (Å²) in [5.74, 6) is 0. The summed E-state index contributed by atoms with van der Waals surface area (Å²) in [4.78, 5) is 2.43. The van der Waals surface area contributed by atoms with Crippen LogP contribution < -0.4 is 4.90 Å². The normalized spacial score (nSPS) is 12.9. The highest BCUT2D eigenvalue weighted by Gasteiger charge is 2.51. The van der Waals surface area contributed by atoms with E-state index in [1.807, 2.05) is 0 Å². The Morgan fingerprint density at radius 3 is 1.33 bits per heavy atom. The van der Waals surface area contributed by atoms with Crippen molar-refractivity contribution in [3.05, 3.63) is 277 Å². The molecule has 0 amide bonds. The van der Waals surface area contributed by atoms with Crippen molar-refractivity contribution in [2.24, 2.45) is 0 Å². The maximum Gasteiger partial charge on any atom is 0.0726 e. The summed E-state index contributed by atoms with van der Waals surface area (Å²) < 4.78 is 2.41. The van der Waals surface area contributed by atoms with Gasteiger partial charge < -0.3 is 9.47 Å². The lowest BCUT2D eigenvalue weighted by Crippen LogP contribution is -2.26. The maximum absolute atomic E-state index is 2.48. The molecule has 0 bridgehead atoms. The molecule has 0 radical (unpaired) electrons. The van der Waals surface area contributed by atoms with E-state index in [-0.39, 0.29) is 0 Å². The Bertz CT molecular complexity index is 3830. The van der Waals surface area contributed by atoms with Crippen LogP contribution in [-0.2, 0) is 5.41 Å². The summed E-state index contributed by atoms with van der Waals surface area (Å²) in [6.07, 6.45) is 0. The Morgan fingerprint density at radius 2 is 0.731 bits per heavy atom. The van der Waals surface area contributed by atoms with E-state index in [4.69, 9.17) is 0 Å². The minimum absolute atomic E-state index is 0.430. The Labute approximate surface area is 389 Å². The minimum Gasteiger partial charge on any atom is -0.310 e. The number of nitrogens with zero attached hydrogens (tertiary/aromatic N) is 2. The van der Waals surface area contributed by atoms with E-state index >= 15 is 0 Å². The second kappa shape index (κ2) is 14.7. The standard InChI is InChI=1S/C65H42N2/c1-2-14-43(15-3-1)44-26-32-49(33-27-44)66(52-38-39-56-55-20-8-12-24-61(55)65(62(56)42-52)59-22-10-6-18-53(59)54-19-7-11-23-60(54)65)50-34-28-45(29-35-50)46-30-36-51(37-31-46)67-63-25-13-9-21-57(63)58-40-47-16-4-5-17-48(47)41-64(58)67/h1-42H. The minimum atomic E-state index is -0.430. The Morgan fingerprint density at radius 1 is 0.284 bits per heavy atom. The van der Waals surface area contributed by atoms with E-state index in [0.29, 0.717) is 0 Å². The molecule has 2 heteroatoms. The van der Waals surface area contributed by atoms with Gasteiger partial charge >= 0.3 is 0 Å². The van der Waals surface area contributed by atoms with E-state index in [1.54, 1.807) is 0 Å². The van der Waals surface area contributed by atoms with Gasteiger partial charge in [-0.3, -0.25) is 0 Å². The maximum atomic E-state index is 2.48. The van der Waals surface area contributed by atoms with Crippen LogP contribution in [-0.4, -0.2) is 4.57 Å². The van der Waals surface area contributed by atoms with E-state index in [0.717, 1.165) is 22.7 Å². The molecule has 312 valence electrons. The van der Waals surface area contributed by atoms with Gasteiger partial charge in [-0.15, -0.1) is 0 Å². The van der Waals surface area contributed by atoms with Crippen molar-refractivity contribution in [3.8, 4) is 50.2 Å². The molecule has 12 aromatic rings. The van der Waals surface area contributed by atoms with Crippen molar-refractivity contribution in [1.29, 1.82) is 0 Å². The lowest BCUT2D eigenvalue weighted by atomic mass is 9.70. The first-order chi connectivity index (χ1) is 33.2. The molecule has 1 spiro atoms. The summed E-state index contributed by atoms with van der Waals surface area (Å²) in [6.45, 7) is 0. The summed E-state index contributed by atoms with van der Waals surface area (Å²) in [7, 11) is 0. The van der Waals surface area contributed by atoms with Gasteiger partial charge in [0.1, 0.15) is 0 Å². The number of hydrogen-bond donors (Lipinski definition) is 0. The fourth-order valence-electron chi connectivity index (χ4n) is 11.6. The van der Waals surface area contributed by atoms with Gasteiger partial charge in [0.15, 0.2) is 0 Å². The predicted octanol–water partition coefficient (Wildman–Crippen LogP) is 17.1. The zero-order chi connectivity index (χ0) is 44.1. The number of aromatic nitrogens is 1. The number of hydrogen-bond acceptors (Lipinski definition) is 1. The van der Waals surface area contributed by atoms with Gasteiger partial charge in [-0.2, -0.15) is 0 Å². The fraction of sp³-hybridized carbons (Fsp3) is 0.0154. The van der Waals surface area contributed by atoms with E-state index in [9.17, 15) is 0 Å². The molecule has 14 rings (SSSR count). The van der Waals surface area contributed by atoms with Crippen LogP contribution in [0.1, 0.15) is 22.3 Å². The summed E-state index contributed by atoms with van der Waals surface area (Å²) >= 11 is 0. The van der Waals surface area contributed by atoms with Crippen molar-refractivity contribution in [2.45, 2.75) is 5.41 Å². The molecule has 2 aliphatic rings. The third kappa shape index (κ3) is 5.57. The highest BCUT2D eigenvalue weighted by molar-refractivity contribution is 6.13.